The molecule has 0 aliphatic carbocycles. The number of esters is 2. The van der Waals surface area contributed by atoms with Gasteiger partial charge in [0.05, 0.1) is 38.1 Å². The summed E-state index contributed by atoms with van der Waals surface area (Å²) in [6.07, 6.45) is 1.74. The van der Waals surface area contributed by atoms with Gasteiger partial charge in [-0.15, -0.1) is 10.2 Å². The second-order valence-electron chi connectivity index (χ2n) is 11.2. The minimum atomic E-state index is -1.08. The van der Waals surface area contributed by atoms with Gasteiger partial charge in [-0.1, -0.05) is 0 Å². The van der Waals surface area contributed by atoms with Crippen LogP contribution >= 0.6 is 0 Å². The van der Waals surface area contributed by atoms with Crippen LogP contribution in [0.1, 0.15) is 44.6 Å². The molecular formula is C28H39N13O6. The van der Waals surface area contributed by atoms with Crippen LogP contribution in [0.25, 0.3) is 11.2 Å². The van der Waals surface area contributed by atoms with Crippen LogP contribution in [0.15, 0.2) is 18.9 Å². The van der Waals surface area contributed by atoms with Gasteiger partial charge in [0.25, 0.3) is 0 Å². The minimum absolute atomic E-state index is 0.180. The van der Waals surface area contributed by atoms with Gasteiger partial charge in [-0.2, -0.15) is 14.8 Å². The number of aryl methyl sites for hydroxylation is 2. The van der Waals surface area contributed by atoms with Crippen molar-refractivity contribution in [3.05, 3.63) is 30.4 Å². The lowest BCUT2D eigenvalue weighted by Crippen LogP contribution is -2.39. The average molecular weight is 654 g/mol. The van der Waals surface area contributed by atoms with E-state index in [1.165, 1.54) is 25.0 Å². The summed E-state index contributed by atoms with van der Waals surface area (Å²) in [5.74, 6) is -0.128. The molecule has 2 aliphatic rings. The molecule has 2 saturated heterocycles. The maximum Gasteiger partial charge on any atom is 0.303 e. The number of fused-ring (bicyclic) bond motifs is 1. The number of rotatable bonds is 13. The summed E-state index contributed by atoms with van der Waals surface area (Å²) in [6, 6.07) is 0. The highest BCUT2D eigenvalue weighted by Gasteiger charge is 2.53. The largest absolute Gasteiger partial charge is 0.455 e. The van der Waals surface area contributed by atoms with Crippen LogP contribution in [0.4, 0.5) is 11.8 Å². The van der Waals surface area contributed by atoms with Crippen LogP contribution in [0, 0.1) is 0 Å². The van der Waals surface area contributed by atoms with E-state index in [2.05, 4.69) is 40.9 Å². The minimum Gasteiger partial charge on any atom is -0.455 e. The van der Waals surface area contributed by atoms with Crippen molar-refractivity contribution in [2.45, 2.75) is 58.3 Å². The van der Waals surface area contributed by atoms with Crippen LogP contribution in [-0.2, 0) is 48.5 Å². The van der Waals surface area contributed by atoms with Gasteiger partial charge in [-0.3, -0.25) is 19.1 Å². The maximum absolute atomic E-state index is 12.3. The molecule has 19 nitrogen and oxygen atoms in total. The molecule has 0 radical (unpaired) electrons. The topological polar surface area (TPSA) is 203 Å². The standard InChI is InChI=1S/C28H39N13O6/c1-5-41-36-25(35-37-41)22-21(45-17(2)42)23(46-18(3)43)27(47-22)40-16-32-20-24(29-8-9-39-10-12-44-13-11-39)33-28(34-26(20)40)30-7-6-19-14-38(4)15-31-19/h14-16,21-23,27H,5-13H2,1-4H3,(H2,29,30,33,34)/t21-,22+,23-,27-/m1/s1. The zero-order valence-electron chi connectivity index (χ0n) is 26.8. The number of hydrogen-bond donors (Lipinski definition) is 2. The van der Waals surface area contributed by atoms with Crippen LogP contribution < -0.4 is 10.6 Å². The molecule has 0 saturated carbocycles. The molecule has 0 spiro atoms. The highest BCUT2D eigenvalue weighted by molar-refractivity contribution is 5.84. The molecule has 252 valence electrons. The Hall–Kier alpha value is -4.75. The number of ether oxygens (including phenoxy) is 4. The fourth-order valence-electron chi connectivity index (χ4n) is 5.57. The van der Waals surface area contributed by atoms with Crippen molar-refractivity contribution in [3.63, 3.8) is 0 Å². The zero-order valence-corrected chi connectivity index (χ0v) is 26.8. The van der Waals surface area contributed by atoms with E-state index >= 15 is 0 Å². The molecular weight excluding hydrogens is 614 g/mol. The summed E-state index contributed by atoms with van der Waals surface area (Å²) in [6.45, 7) is 9.92. The molecule has 4 aromatic rings. The summed E-state index contributed by atoms with van der Waals surface area (Å²) in [7, 11) is 1.92. The van der Waals surface area contributed by atoms with Crippen molar-refractivity contribution < 1.29 is 28.5 Å². The van der Waals surface area contributed by atoms with E-state index < -0.39 is 36.5 Å². The quantitative estimate of drug-likeness (QED) is 0.184. The average Bonchev–Trinajstić information content (AvgIpc) is 3.85. The fraction of sp³-hybridized carbons (Fsp3) is 0.607. The van der Waals surface area contributed by atoms with Gasteiger partial charge in [0.1, 0.15) is 0 Å². The molecule has 47 heavy (non-hydrogen) atoms. The Balaban J connectivity index is 1.33. The van der Waals surface area contributed by atoms with Gasteiger partial charge in [-0.25, -0.2) is 9.97 Å². The number of carbonyl (C=O) groups excluding carboxylic acids is 2. The Kier molecular flexibility index (Phi) is 9.83. The molecule has 0 bridgehead atoms. The van der Waals surface area contributed by atoms with Crippen LogP contribution in [0.5, 0.6) is 0 Å². The Morgan fingerprint density at radius 1 is 1.02 bits per heavy atom. The van der Waals surface area contributed by atoms with E-state index in [0.29, 0.717) is 62.2 Å². The van der Waals surface area contributed by atoms with Gasteiger partial charge in [0.2, 0.25) is 11.8 Å². The van der Waals surface area contributed by atoms with Gasteiger partial charge in [-0.05, 0) is 12.1 Å². The normalized spacial score (nSPS) is 21.6. The van der Waals surface area contributed by atoms with Crippen molar-refractivity contribution in [1.29, 1.82) is 0 Å². The van der Waals surface area contributed by atoms with Gasteiger partial charge >= 0.3 is 11.9 Å². The lowest BCUT2D eigenvalue weighted by Gasteiger charge is -2.26. The number of carbonyl (C=O) groups is 2. The SMILES string of the molecule is CCn1nnc([C@H]2O[C@@H](n3cnc4c(NCCN5CCOCC5)nc(NCCc5cn(C)cn5)nc43)[C@H](OC(C)=O)[C@@H]2OC(C)=O)n1. The molecule has 0 aromatic carbocycles. The van der Waals surface area contributed by atoms with E-state index in [1.807, 2.05) is 24.7 Å². The second-order valence-corrected chi connectivity index (χ2v) is 11.2. The summed E-state index contributed by atoms with van der Waals surface area (Å²) >= 11 is 0. The van der Waals surface area contributed by atoms with Crippen molar-refractivity contribution in [3.8, 4) is 0 Å². The lowest BCUT2D eigenvalue weighted by atomic mass is 10.1. The smallest absolute Gasteiger partial charge is 0.303 e. The monoisotopic (exact) mass is 653 g/mol. The van der Waals surface area contributed by atoms with E-state index in [4.69, 9.17) is 28.9 Å². The Morgan fingerprint density at radius 2 is 1.81 bits per heavy atom. The third-order valence-corrected chi connectivity index (χ3v) is 7.74. The van der Waals surface area contributed by atoms with Crippen molar-refractivity contribution >= 4 is 34.9 Å². The number of anilines is 2. The van der Waals surface area contributed by atoms with Crippen molar-refractivity contribution in [2.75, 3.05) is 56.6 Å². The molecule has 2 N–H and O–H groups in total. The van der Waals surface area contributed by atoms with Crippen LogP contribution in [0.3, 0.4) is 0 Å². The van der Waals surface area contributed by atoms with E-state index in [-0.39, 0.29) is 5.82 Å². The summed E-state index contributed by atoms with van der Waals surface area (Å²) in [5.41, 5.74) is 1.81. The van der Waals surface area contributed by atoms with Crippen molar-refractivity contribution in [2.24, 2.45) is 7.05 Å². The number of hydrogen-bond acceptors (Lipinski definition) is 16. The summed E-state index contributed by atoms with van der Waals surface area (Å²) < 4.78 is 26.8. The number of morpholine rings is 1. The number of nitrogens with zero attached hydrogens (tertiary/aromatic N) is 11. The molecule has 4 atom stereocenters. The number of aromatic nitrogens is 10. The van der Waals surface area contributed by atoms with E-state index in [9.17, 15) is 9.59 Å². The number of nitrogens with one attached hydrogen (secondary N) is 2. The maximum atomic E-state index is 12.3. The first-order valence-electron chi connectivity index (χ1n) is 15.6. The first-order valence-corrected chi connectivity index (χ1v) is 15.6. The third kappa shape index (κ3) is 7.47. The molecule has 2 fully saturated rings. The molecule has 19 heteroatoms. The molecule has 0 unspecified atom stereocenters. The highest BCUT2D eigenvalue weighted by Crippen LogP contribution is 2.42. The Morgan fingerprint density at radius 3 is 2.51 bits per heavy atom. The van der Waals surface area contributed by atoms with E-state index in [0.717, 1.165) is 25.3 Å². The Labute approximate surface area is 269 Å². The second kappa shape index (κ2) is 14.3. The third-order valence-electron chi connectivity index (χ3n) is 7.74. The van der Waals surface area contributed by atoms with Gasteiger partial charge < -0.3 is 34.1 Å². The van der Waals surface area contributed by atoms with Crippen LogP contribution in [0.2, 0.25) is 0 Å². The van der Waals surface area contributed by atoms with Crippen molar-refractivity contribution in [1.82, 2.24) is 54.2 Å². The molecule has 0 amide bonds. The van der Waals surface area contributed by atoms with Gasteiger partial charge in [0.15, 0.2) is 41.5 Å². The van der Waals surface area contributed by atoms with Gasteiger partial charge in [0, 0.05) is 66.2 Å². The first-order chi connectivity index (χ1) is 22.8. The number of imidazole rings is 2. The summed E-state index contributed by atoms with van der Waals surface area (Å²) in [4.78, 5) is 46.8. The molecule has 6 rings (SSSR count). The van der Waals surface area contributed by atoms with Crippen LogP contribution in [-0.4, -0.2) is 124 Å². The molecule has 4 aromatic heterocycles. The Bertz CT molecular complexity index is 1680. The summed E-state index contributed by atoms with van der Waals surface area (Å²) in [5, 5.41) is 19.2. The van der Waals surface area contributed by atoms with E-state index in [1.54, 1.807) is 10.9 Å². The highest BCUT2D eigenvalue weighted by atomic mass is 16.6. The molecule has 2 aliphatic heterocycles. The first kappa shape index (κ1) is 32.2. The number of tetrazole rings is 1. The fourth-order valence-corrected chi connectivity index (χ4v) is 5.57. The molecule has 6 heterocycles. The predicted molar refractivity (Wildman–Crippen MR) is 164 cm³/mol. The predicted octanol–water partition coefficient (Wildman–Crippen LogP) is 0.0984. The lowest BCUT2D eigenvalue weighted by molar-refractivity contribution is -0.165. The zero-order chi connectivity index (χ0) is 32.9.